The average molecular weight is 266 g/mol. The first kappa shape index (κ1) is 15.5. The van der Waals surface area contributed by atoms with E-state index >= 15 is 0 Å². The summed E-state index contributed by atoms with van der Waals surface area (Å²) in [4.78, 5) is 22.6. The van der Waals surface area contributed by atoms with Gasteiger partial charge in [0.2, 0.25) is 0 Å². The van der Waals surface area contributed by atoms with Crippen molar-refractivity contribution < 1.29 is 9.53 Å². The maximum atomic E-state index is 12.1. The molecule has 1 atom stereocenters. The number of likely N-dealkylation sites (N-methyl/N-ethyl adjacent to an activating group) is 1. The van der Waals surface area contributed by atoms with Crippen LogP contribution in [-0.2, 0) is 15.1 Å². The van der Waals surface area contributed by atoms with Gasteiger partial charge in [-0.25, -0.2) is 4.79 Å². The third-order valence-corrected chi connectivity index (χ3v) is 2.99. The molecule has 0 radical (unpaired) electrons. The Bertz CT molecular complexity index is 436. The van der Waals surface area contributed by atoms with Gasteiger partial charge in [-0.2, -0.15) is 0 Å². The average Bonchev–Trinajstić information content (AvgIpc) is 2.37. The van der Waals surface area contributed by atoms with Crippen LogP contribution in [0.15, 0.2) is 12.4 Å². The van der Waals surface area contributed by atoms with Crippen molar-refractivity contribution in [1.29, 1.82) is 0 Å². The second-order valence-corrected chi connectivity index (χ2v) is 4.84. The molecule has 0 spiro atoms. The Morgan fingerprint density at radius 1 is 1.42 bits per heavy atom. The molecular formula is C13H22N4O2. The van der Waals surface area contributed by atoms with Gasteiger partial charge in [-0.3, -0.25) is 15.3 Å². The SMILES string of the molecule is COC(=O)C(C)(NCCN(C)C)c1nccnc1C. The molecule has 106 valence electrons. The van der Waals surface area contributed by atoms with E-state index in [-0.39, 0.29) is 5.97 Å². The first-order valence-electron chi connectivity index (χ1n) is 6.18. The number of methoxy groups -OCH3 is 1. The summed E-state index contributed by atoms with van der Waals surface area (Å²) in [5.74, 6) is -0.366. The number of hydrogen-bond donors (Lipinski definition) is 1. The summed E-state index contributed by atoms with van der Waals surface area (Å²) in [7, 11) is 5.33. The highest BCUT2D eigenvalue weighted by molar-refractivity contribution is 5.81. The van der Waals surface area contributed by atoms with Gasteiger partial charge < -0.3 is 9.64 Å². The summed E-state index contributed by atoms with van der Waals surface area (Å²) in [6, 6.07) is 0. The molecule has 1 aromatic rings. The molecular weight excluding hydrogens is 244 g/mol. The maximum absolute atomic E-state index is 12.1. The van der Waals surface area contributed by atoms with Crippen LogP contribution in [0.4, 0.5) is 0 Å². The first-order valence-corrected chi connectivity index (χ1v) is 6.18. The molecule has 6 nitrogen and oxygen atoms in total. The van der Waals surface area contributed by atoms with E-state index in [1.165, 1.54) is 7.11 Å². The van der Waals surface area contributed by atoms with Crippen molar-refractivity contribution >= 4 is 5.97 Å². The number of carbonyl (C=O) groups is 1. The van der Waals surface area contributed by atoms with Crippen molar-refractivity contribution in [1.82, 2.24) is 20.2 Å². The summed E-state index contributed by atoms with van der Waals surface area (Å²) in [6.45, 7) is 5.06. The summed E-state index contributed by atoms with van der Waals surface area (Å²) in [6.07, 6.45) is 3.19. The fraction of sp³-hybridized carbons (Fsp3) is 0.615. The molecule has 1 rings (SSSR count). The zero-order chi connectivity index (χ0) is 14.5. The van der Waals surface area contributed by atoms with E-state index in [0.29, 0.717) is 17.9 Å². The first-order chi connectivity index (χ1) is 8.91. The van der Waals surface area contributed by atoms with Crippen LogP contribution in [0.5, 0.6) is 0 Å². The molecule has 6 heteroatoms. The van der Waals surface area contributed by atoms with Crippen LogP contribution in [0.2, 0.25) is 0 Å². The van der Waals surface area contributed by atoms with Gasteiger partial charge in [-0.1, -0.05) is 0 Å². The zero-order valence-electron chi connectivity index (χ0n) is 12.2. The van der Waals surface area contributed by atoms with Crippen molar-refractivity contribution in [3.63, 3.8) is 0 Å². The summed E-state index contributed by atoms with van der Waals surface area (Å²) < 4.78 is 4.90. The van der Waals surface area contributed by atoms with Crippen molar-refractivity contribution in [2.45, 2.75) is 19.4 Å². The second-order valence-electron chi connectivity index (χ2n) is 4.84. The van der Waals surface area contributed by atoms with Crippen LogP contribution in [-0.4, -0.2) is 55.1 Å². The Hall–Kier alpha value is -1.53. The molecule has 0 fully saturated rings. The van der Waals surface area contributed by atoms with E-state index in [1.807, 2.05) is 25.9 Å². The number of esters is 1. The lowest BCUT2D eigenvalue weighted by molar-refractivity contribution is -0.148. The van der Waals surface area contributed by atoms with Crippen LogP contribution in [0, 0.1) is 6.92 Å². The Morgan fingerprint density at radius 3 is 2.58 bits per heavy atom. The Morgan fingerprint density at radius 2 is 2.05 bits per heavy atom. The monoisotopic (exact) mass is 266 g/mol. The van der Waals surface area contributed by atoms with Gasteiger partial charge in [0.05, 0.1) is 18.5 Å². The summed E-state index contributed by atoms with van der Waals surface area (Å²) >= 11 is 0. The summed E-state index contributed by atoms with van der Waals surface area (Å²) in [5.41, 5.74) is 0.330. The summed E-state index contributed by atoms with van der Waals surface area (Å²) in [5, 5.41) is 3.22. The number of aromatic nitrogens is 2. The largest absolute Gasteiger partial charge is 0.467 e. The molecule has 1 unspecified atom stereocenters. The fourth-order valence-electron chi connectivity index (χ4n) is 1.88. The van der Waals surface area contributed by atoms with E-state index in [2.05, 4.69) is 15.3 Å². The van der Waals surface area contributed by atoms with Gasteiger partial charge in [0.1, 0.15) is 0 Å². The number of ether oxygens (including phenoxy) is 1. The van der Waals surface area contributed by atoms with E-state index in [0.717, 1.165) is 6.54 Å². The van der Waals surface area contributed by atoms with Gasteiger partial charge in [0.15, 0.2) is 5.54 Å². The second kappa shape index (κ2) is 6.58. The van der Waals surface area contributed by atoms with Gasteiger partial charge in [-0.15, -0.1) is 0 Å². The van der Waals surface area contributed by atoms with Gasteiger partial charge >= 0.3 is 5.97 Å². The quantitative estimate of drug-likeness (QED) is 0.748. The third-order valence-electron chi connectivity index (χ3n) is 2.99. The molecule has 1 N–H and O–H groups in total. The lowest BCUT2D eigenvalue weighted by Crippen LogP contribution is -2.50. The number of nitrogens with zero attached hydrogens (tertiary/aromatic N) is 3. The van der Waals surface area contributed by atoms with Crippen LogP contribution < -0.4 is 5.32 Å². The standard InChI is InChI=1S/C13H22N4O2/c1-10-11(15-7-6-14-10)13(2,12(18)19-5)16-8-9-17(3)4/h6-7,16H,8-9H2,1-5H3. The molecule has 0 aliphatic carbocycles. The minimum absolute atomic E-state index is 0.366. The van der Waals surface area contributed by atoms with E-state index in [1.54, 1.807) is 19.3 Å². The third kappa shape index (κ3) is 3.71. The minimum atomic E-state index is -0.983. The van der Waals surface area contributed by atoms with E-state index < -0.39 is 5.54 Å². The minimum Gasteiger partial charge on any atom is -0.467 e. The van der Waals surface area contributed by atoms with Crippen molar-refractivity contribution in [2.75, 3.05) is 34.3 Å². The lowest BCUT2D eigenvalue weighted by atomic mass is 9.95. The van der Waals surface area contributed by atoms with Crippen LogP contribution >= 0.6 is 0 Å². The van der Waals surface area contributed by atoms with Crippen LogP contribution in [0.3, 0.4) is 0 Å². The van der Waals surface area contributed by atoms with Gasteiger partial charge in [-0.05, 0) is 27.9 Å². The predicted molar refractivity (Wildman–Crippen MR) is 72.7 cm³/mol. The Labute approximate surface area is 114 Å². The predicted octanol–water partition coefficient (Wildman–Crippen LogP) is 0.324. The molecule has 0 aliphatic heterocycles. The van der Waals surface area contributed by atoms with E-state index in [9.17, 15) is 4.79 Å². The maximum Gasteiger partial charge on any atom is 0.332 e. The number of nitrogens with one attached hydrogen (secondary N) is 1. The molecule has 1 aromatic heterocycles. The molecule has 0 aliphatic rings. The van der Waals surface area contributed by atoms with Crippen LogP contribution in [0.25, 0.3) is 0 Å². The molecule has 0 amide bonds. The molecule has 0 bridgehead atoms. The highest BCUT2D eigenvalue weighted by Gasteiger charge is 2.38. The molecule has 0 aromatic carbocycles. The molecule has 0 saturated heterocycles. The Balaban J connectivity index is 3.00. The van der Waals surface area contributed by atoms with Crippen LogP contribution in [0.1, 0.15) is 18.3 Å². The van der Waals surface area contributed by atoms with E-state index in [4.69, 9.17) is 4.74 Å². The highest BCUT2D eigenvalue weighted by atomic mass is 16.5. The highest BCUT2D eigenvalue weighted by Crippen LogP contribution is 2.22. The number of aryl methyl sites for hydroxylation is 1. The van der Waals surface area contributed by atoms with Crippen molar-refractivity contribution in [3.05, 3.63) is 23.8 Å². The van der Waals surface area contributed by atoms with Gasteiger partial charge in [0.25, 0.3) is 0 Å². The molecule has 1 heterocycles. The smallest absolute Gasteiger partial charge is 0.332 e. The van der Waals surface area contributed by atoms with Crippen molar-refractivity contribution in [3.8, 4) is 0 Å². The van der Waals surface area contributed by atoms with Crippen molar-refractivity contribution in [2.24, 2.45) is 0 Å². The number of hydrogen-bond acceptors (Lipinski definition) is 6. The fourth-order valence-corrected chi connectivity index (χ4v) is 1.88. The number of rotatable bonds is 6. The topological polar surface area (TPSA) is 67.3 Å². The zero-order valence-corrected chi connectivity index (χ0v) is 12.2. The normalized spacial score (nSPS) is 14.2. The molecule has 0 saturated carbocycles. The number of carbonyl (C=O) groups excluding carboxylic acids is 1. The van der Waals surface area contributed by atoms with Gasteiger partial charge in [0, 0.05) is 25.5 Å². The Kier molecular flexibility index (Phi) is 5.38. The molecule has 19 heavy (non-hydrogen) atoms. The lowest BCUT2D eigenvalue weighted by Gasteiger charge is -2.28.